The fourth-order valence-electron chi connectivity index (χ4n) is 3.27. The van der Waals surface area contributed by atoms with Gasteiger partial charge >= 0.3 is 0 Å². The molecule has 160 valence electrons. The van der Waals surface area contributed by atoms with Crippen LogP contribution in [0.3, 0.4) is 0 Å². The molecule has 1 aliphatic heterocycles. The molecular formula is C22H23N5O3S. The third-order valence-electron chi connectivity index (χ3n) is 4.82. The molecule has 9 heteroatoms. The Bertz CT molecular complexity index is 995. The lowest BCUT2D eigenvalue weighted by Crippen LogP contribution is -2.40. The average molecular weight is 438 g/mol. The highest BCUT2D eigenvalue weighted by molar-refractivity contribution is 7.80. The van der Waals surface area contributed by atoms with Crippen molar-refractivity contribution in [3.05, 3.63) is 71.8 Å². The number of imide groups is 1. The normalized spacial score (nSPS) is 17.1. The van der Waals surface area contributed by atoms with Crippen LogP contribution >= 0.6 is 12.2 Å². The highest BCUT2D eigenvalue weighted by atomic mass is 32.1. The number of benzene rings is 2. The highest BCUT2D eigenvalue weighted by Gasteiger charge is 2.48. The first kappa shape index (κ1) is 22.1. The summed E-state index contributed by atoms with van der Waals surface area (Å²) in [5, 5.41) is 6.41. The Morgan fingerprint density at radius 1 is 1.00 bits per heavy atom. The fraction of sp³-hybridized carbons (Fsp3) is 0.227. The predicted octanol–water partition coefficient (Wildman–Crippen LogP) is 0.762. The number of hydrogen-bond donors (Lipinski definition) is 3. The van der Waals surface area contributed by atoms with Gasteiger partial charge in [-0.15, -0.1) is 0 Å². The minimum atomic E-state index is -1.35. The summed E-state index contributed by atoms with van der Waals surface area (Å²) in [7, 11) is 0. The first-order valence-electron chi connectivity index (χ1n) is 9.81. The lowest BCUT2D eigenvalue weighted by atomic mass is 10.0. The van der Waals surface area contributed by atoms with E-state index in [1.807, 2.05) is 60.7 Å². The molecule has 8 nitrogen and oxygen atoms in total. The van der Waals surface area contributed by atoms with Crippen molar-refractivity contribution in [1.82, 2.24) is 15.6 Å². The van der Waals surface area contributed by atoms with Gasteiger partial charge in [-0.3, -0.25) is 24.7 Å². The summed E-state index contributed by atoms with van der Waals surface area (Å²) in [6, 6.07) is 19.1. The van der Waals surface area contributed by atoms with Crippen LogP contribution in [-0.4, -0.2) is 46.5 Å². The zero-order valence-electron chi connectivity index (χ0n) is 16.8. The summed E-state index contributed by atoms with van der Waals surface area (Å²) >= 11 is 4.72. The summed E-state index contributed by atoms with van der Waals surface area (Å²) in [6.45, 7) is 0.461. The summed E-state index contributed by atoms with van der Waals surface area (Å²) < 4.78 is 0. The van der Waals surface area contributed by atoms with Crippen LogP contribution in [0.5, 0.6) is 0 Å². The topological polar surface area (TPSA) is 117 Å². The van der Waals surface area contributed by atoms with E-state index in [-0.39, 0.29) is 17.4 Å². The molecule has 1 heterocycles. The Balaban J connectivity index is 1.70. The van der Waals surface area contributed by atoms with Crippen molar-refractivity contribution in [3.63, 3.8) is 0 Å². The van der Waals surface area contributed by atoms with Crippen molar-refractivity contribution in [3.8, 4) is 0 Å². The van der Waals surface area contributed by atoms with Crippen molar-refractivity contribution in [2.24, 2.45) is 16.8 Å². The second kappa shape index (κ2) is 10.4. The van der Waals surface area contributed by atoms with Crippen molar-refractivity contribution in [2.45, 2.75) is 12.8 Å². The van der Waals surface area contributed by atoms with E-state index in [0.717, 1.165) is 16.0 Å². The first-order valence-corrected chi connectivity index (χ1v) is 10.2. The molecule has 0 aromatic heterocycles. The van der Waals surface area contributed by atoms with E-state index in [2.05, 4.69) is 15.8 Å². The van der Waals surface area contributed by atoms with Gasteiger partial charge in [0.1, 0.15) is 5.71 Å². The molecule has 0 spiro atoms. The van der Waals surface area contributed by atoms with Gasteiger partial charge < -0.3 is 11.1 Å². The average Bonchev–Trinajstić information content (AvgIpc) is 3.01. The second-order valence-electron chi connectivity index (χ2n) is 6.96. The van der Waals surface area contributed by atoms with E-state index in [0.29, 0.717) is 19.4 Å². The second-order valence-corrected chi connectivity index (χ2v) is 7.40. The molecule has 1 atom stereocenters. The van der Waals surface area contributed by atoms with E-state index >= 15 is 0 Å². The van der Waals surface area contributed by atoms with Gasteiger partial charge in [-0.25, -0.2) is 0 Å². The van der Waals surface area contributed by atoms with Crippen molar-refractivity contribution >= 4 is 40.8 Å². The molecule has 2 aromatic rings. The van der Waals surface area contributed by atoms with E-state index in [4.69, 9.17) is 18.0 Å². The molecule has 0 saturated carbocycles. The zero-order valence-corrected chi connectivity index (χ0v) is 17.6. The maximum absolute atomic E-state index is 12.9. The van der Waals surface area contributed by atoms with Crippen LogP contribution < -0.4 is 16.5 Å². The summed E-state index contributed by atoms with van der Waals surface area (Å²) in [6.07, 6.45) is 1.06. The van der Waals surface area contributed by atoms with Gasteiger partial charge in [-0.05, 0) is 36.2 Å². The number of carbonyl (C=O) groups excluding carboxylic acids is 3. The van der Waals surface area contributed by atoms with Gasteiger partial charge in [0.05, 0.1) is 0 Å². The number of nitrogens with zero attached hydrogens (tertiary/aromatic N) is 2. The molecule has 1 saturated heterocycles. The number of nitrogens with two attached hydrogens (primary N) is 1. The number of hydrogen-bond acceptors (Lipinski definition) is 5. The van der Waals surface area contributed by atoms with Crippen molar-refractivity contribution in [2.75, 3.05) is 13.1 Å². The number of carbonyl (C=O) groups is 3. The first-order chi connectivity index (χ1) is 15.0. The van der Waals surface area contributed by atoms with Crippen LogP contribution in [0.1, 0.15) is 11.1 Å². The van der Waals surface area contributed by atoms with Crippen LogP contribution in [0.2, 0.25) is 0 Å². The quantitative estimate of drug-likeness (QED) is 0.243. The Labute approximate surface area is 185 Å². The highest BCUT2D eigenvalue weighted by Crippen LogP contribution is 2.19. The van der Waals surface area contributed by atoms with Gasteiger partial charge in [0.15, 0.2) is 11.0 Å². The van der Waals surface area contributed by atoms with Crippen LogP contribution in [-0.2, 0) is 27.2 Å². The van der Waals surface area contributed by atoms with Crippen molar-refractivity contribution < 1.29 is 14.4 Å². The fourth-order valence-corrected chi connectivity index (χ4v) is 3.32. The maximum atomic E-state index is 12.9. The number of nitrogens with one attached hydrogen (secondary N) is 2. The zero-order chi connectivity index (χ0) is 22.2. The van der Waals surface area contributed by atoms with Gasteiger partial charge in [0.25, 0.3) is 5.91 Å². The standard InChI is InChI=1S/C22H23N5O3S/c23-22(31)26-25-18-17(19(28)24-13-11-15-7-3-1-4-8-15)20(29)27(21(18)30)14-12-16-9-5-2-6-10-16/h1-10,17H,11-14H2,(H,24,28)(H3,23,26,31)/b25-18-. The Morgan fingerprint density at radius 3 is 2.16 bits per heavy atom. The number of likely N-dealkylation sites (tertiary alicyclic amines) is 1. The molecule has 1 unspecified atom stereocenters. The molecule has 2 aromatic carbocycles. The Kier molecular flexibility index (Phi) is 7.45. The number of hydrazone groups is 1. The molecule has 0 aliphatic carbocycles. The lowest BCUT2D eigenvalue weighted by molar-refractivity contribution is -0.140. The van der Waals surface area contributed by atoms with Crippen LogP contribution in [0.25, 0.3) is 0 Å². The maximum Gasteiger partial charge on any atom is 0.278 e. The van der Waals surface area contributed by atoms with Crippen LogP contribution in [0, 0.1) is 5.92 Å². The lowest BCUT2D eigenvalue weighted by Gasteiger charge is -2.14. The van der Waals surface area contributed by atoms with Crippen molar-refractivity contribution in [1.29, 1.82) is 0 Å². The van der Waals surface area contributed by atoms with Gasteiger partial charge in [0, 0.05) is 13.1 Å². The minimum Gasteiger partial charge on any atom is -0.375 e. The number of amides is 3. The minimum absolute atomic E-state index is 0.140. The SMILES string of the molecule is NC(=S)N/N=C1\C(=O)N(CCc2ccccc2)C(=O)C1C(=O)NCCc1ccccc1. The third-order valence-corrected chi connectivity index (χ3v) is 4.91. The van der Waals surface area contributed by atoms with E-state index in [1.54, 1.807) is 0 Å². The molecule has 3 rings (SSSR count). The molecule has 4 N–H and O–H groups in total. The predicted molar refractivity (Wildman–Crippen MR) is 121 cm³/mol. The Morgan fingerprint density at radius 2 is 1.58 bits per heavy atom. The van der Waals surface area contributed by atoms with Gasteiger partial charge in [0.2, 0.25) is 11.8 Å². The summed E-state index contributed by atoms with van der Waals surface area (Å²) in [5.74, 6) is -3.17. The number of thiocarbonyl (C=S) groups is 1. The van der Waals surface area contributed by atoms with Crippen LogP contribution in [0.4, 0.5) is 0 Å². The van der Waals surface area contributed by atoms with Gasteiger partial charge in [-0.2, -0.15) is 5.10 Å². The summed E-state index contributed by atoms with van der Waals surface area (Å²) in [5.41, 5.74) is 9.50. The van der Waals surface area contributed by atoms with E-state index < -0.39 is 23.6 Å². The summed E-state index contributed by atoms with van der Waals surface area (Å²) in [4.78, 5) is 39.6. The molecule has 31 heavy (non-hydrogen) atoms. The molecule has 1 fully saturated rings. The molecular weight excluding hydrogens is 414 g/mol. The monoisotopic (exact) mass is 437 g/mol. The molecule has 3 amide bonds. The molecule has 1 aliphatic rings. The number of rotatable bonds is 8. The van der Waals surface area contributed by atoms with E-state index in [1.165, 1.54) is 0 Å². The smallest absolute Gasteiger partial charge is 0.278 e. The molecule has 0 bridgehead atoms. The van der Waals surface area contributed by atoms with E-state index in [9.17, 15) is 14.4 Å². The largest absolute Gasteiger partial charge is 0.375 e. The Hall–Kier alpha value is -3.59. The third kappa shape index (κ3) is 5.73. The molecule has 0 radical (unpaired) electrons. The van der Waals surface area contributed by atoms with Gasteiger partial charge in [-0.1, -0.05) is 60.7 Å². The van der Waals surface area contributed by atoms with Crippen LogP contribution in [0.15, 0.2) is 65.8 Å².